The normalized spacial score (nSPS) is 10.2. The smallest absolute Gasteiger partial charge is 0.125 e. The summed E-state index contributed by atoms with van der Waals surface area (Å²) in [6, 6.07) is 7.38. The minimum atomic E-state index is 0.282. The summed E-state index contributed by atoms with van der Waals surface area (Å²) in [5.41, 5.74) is 2.65. The van der Waals surface area contributed by atoms with E-state index in [2.05, 4.69) is 10.2 Å². The van der Waals surface area contributed by atoms with Crippen molar-refractivity contribution in [3.63, 3.8) is 0 Å². The summed E-state index contributed by atoms with van der Waals surface area (Å²) in [4.78, 5) is 0. The van der Waals surface area contributed by atoms with E-state index in [1.54, 1.807) is 12.3 Å². The Morgan fingerprint density at radius 1 is 1.31 bits per heavy atom. The molecular formula is C10H10N2O. The van der Waals surface area contributed by atoms with Crippen molar-refractivity contribution in [3.8, 4) is 17.0 Å². The van der Waals surface area contributed by atoms with Gasteiger partial charge in [-0.1, -0.05) is 6.07 Å². The van der Waals surface area contributed by atoms with Gasteiger partial charge >= 0.3 is 0 Å². The molecule has 1 aromatic carbocycles. The molecule has 3 nitrogen and oxygen atoms in total. The number of nitrogens with zero attached hydrogens (tertiary/aromatic N) is 1. The molecular weight excluding hydrogens is 164 g/mol. The molecule has 0 amide bonds. The number of nitrogens with one attached hydrogen (secondary N) is 1. The monoisotopic (exact) mass is 174 g/mol. The van der Waals surface area contributed by atoms with Crippen LogP contribution in [0.25, 0.3) is 11.3 Å². The lowest BCUT2D eigenvalue weighted by Gasteiger charge is -2.01. The predicted molar refractivity (Wildman–Crippen MR) is 50.4 cm³/mol. The number of aryl methyl sites for hydroxylation is 1. The molecule has 0 aliphatic carbocycles. The van der Waals surface area contributed by atoms with Crippen molar-refractivity contribution >= 4 is 0 Å². The second-order valence-electron chi connectivity index (χ2n) is 2.99. The number of hydrogen-bond donors (Lipinski definition) is 2. The maximum Gasteiger partial charge on any atom is 0.125 e. The van der Waals surface area contributed by atoms with E-state index in [0.717, 1.165) is 16.8 Å². The van der Waals surface area contributed by atoms with E-state index in [1.165, 1.54) is 0 Å². The van der Waals surface area contributed by atoms with Crippen LogP contribution in [-0.2, 0) is 0 Å². The summed E-state index contributed by atoms with van der Waals surface area (Å²) in [6.07, 6.45) is 1.66. The van der Waals surface area contributed by atoms with Crippen molar-refractivity contribution in [2.75, 3.05) is 0 Å². The van der Waals surface area contributed by atoms with Crippen LogP contribution < -0.4 is 0 Å². The third-order valence-electron chi connectivity index (χ3n) is 1.94. The maximum absolute atomic E-state index is 9.62. The van der Waals surface area contributed by atoms with Gasteiger partial charge in [-0.05, 0) is 30.7 Å². The first kappa shape index (κ1) is 7.86. The number of aromatic amines is 1. The number of H-pyrrole nitrogens is 1. The molecule has 66 valence electrons. The highest BCUT2D eigenvalue weighted by molar-refractivity contribution is 5.66. The summed E-state index contributed by atoms with van der Waals surface area (Å²) in [5.74, 6) is 0.282. The Hall–Kier alpha value is -1.77. The number of aromatic hydroxyl groups is 1. The Balaban J connectivity index is 2.53. The molecule has 0 unspecified atom stereocenters. The van der Waals surface area contributed by atoms with Gasteiger partial charge in [-0.15, -0.1) is 0 Å². The van der Waals surface area contributed by atoms with Crippen LogP contribution in [0.3, 0.4) is 0 Å². The van der Waals surface area contributed by atoms with Crippen molar-refractivity contribution < 1.29 is 5.11 Å². The first-order valence-corrected chi connectivity index (χ1v) is 4.07. The topological polar surface area (TPSA) is 48.9 Å². The molecule has 0 radical (unpaired) electrons. The first-order chi connectivity index (χ1) is 6.27. The van der Waals surface area contributed by atoms with Gasteiger partial charge in [0.1, 0.15) is 5.75 Å². The van der Waals surface area contributed by atoms with Crippen LogP contribution in [0.5, 0.6) is 5.75 Å². The average Bonchev–Trinajstić information content (AvgIpc) is 2.56. The van der Waals surface area contributed by atoms with E-state index in [0.29, 0.717) is 0 Å². The molecule has 0 saturated heterocycles. The van der Waals surface area contributed by atoms with Crippen LogP contribution in [0.4, 0.5) is 0 Å². The summed E-state index contributed by atoms with van der Waals surface area (Å²) in [7, 11) is 0. The quantitative estimate of drug-likeness (QED) is 0.695. The minimum absolute atomic E-state index is 0.282. The van der Waals surface area contributed by atoms with Crippen LogP contribution in [0.15, 0.2) is 30.5 Å². The van der Waals surface area contributed by atoms with Crippen LogP contribution in [0.2, 0.25) is 0 Å². The van der Waals surface area contributed by atoms with Crippen molar-refractivity contribution in [2.45, 2.75) is 6.92 Å². The highest BCUT2D eigenvalue weighted by Crippen LogP contribution is 2.27. The molecule has 0 aliphatic heterocycles. The Bertz CT molecular complexity index is 407. The second kappa shape index (κ2) is 2.94. The van der Waals surface area contributed by atoms with Crippen LogP contribution in [-0.4, -0.2) is 15.3 Å². The number of benzene rings is 1. The van der Waals surface area contributed by atoms with Crippen molar-refractivity contribution in [1.82, 2.24) is 10.2 Å². The molecule has 0 atom stereocenters. The molecule has 1 aromatic heterocycles. The van der Waals surface area contributed by atoms with Crippen LogP contribution in [0, 0.1) is 6.92 Å². The molecule has 1 heterocycles. The van der Waals surface area contributed by atoms with Gasteiger partial charge in [-0.3, -0.25) is 5.10 Å². The molecule has 13 heavy (non-hydrogen) atoms. The Labute approximate surface area is 76.0 Å². The van der Waals surface area contributed by atoms with Crippen molar-refractivity contribution in [1.29, 1.82) is 0 Å². The van der Waals surface area contributed by atoms with Gasteiger partial charge in [0.05, 0.1) is 5.69 Å². The molecule has 0 fully saturated rings. The van der Waals surface area contributed by atoms with Gasteiger partial charge in [0.15, 0.2) is 0 Å². The molecule has 0 saturated carbocycles. The average molecular weight is 174 g/mol. The van der Waals surface area contributed by atoms with Gasteiger partial charge in [0.25, 0.3) is 0 Å². The molecule has 3 heteroatoms. The molecule has 0 bridgehead atoms. The fourth-order valence-corrected chi connectivity index (χ4v) is 1.28. The lowest BCUT2D eigenvalue weighted by atomic mass is 10.1. The van der Waals surface area contributed by atoms with Gasteiger partial charge in [0.2, 0.25) is 0 Å². The first-order valence-electron chi connectivity index (χ1n) is 4.07. The molecule has 2 rings (SSSR count). The van der Waals surface area contributed by atoms with E-state index in [4.69, 9.17) is 0 Å². The second-order valence-corrected chi connectivity index (χ2v) is 2.99. The zero-order valence-electron chi connectivity index (χ0n) is 7.28. The number of hydrogen-bond acceptors (Lipinski definition) is 2. The lowest BCUT2D eigenvalue weighted by Crippen LogP contribution is -1.80. The Morgan fingerprint density at radius 2 is 2.15 bits per heavy atom. The zero-order chi connectivity index (χ0) is 9.26. The fourth-order valence-electron chi connectivity index (χ4n) is 1.28. The minimum Gasteiger partial charge on any atom is -0.507 e. The third kappa shape index (κ3) is 1.40. The van der Waals surface area contributed by atoms with E-state index in [9.17, 15) is 5.11 Å². The molecule has 2 N–H and O–H groups in total. The van der Waals surface area contributed by atoms with E-state index < -0.39 is 0 Å². The van der Waals surface area contributed by atoms with Crippen molar-refractivity contribution in [2.24, 2.45) is 0 Å². The SMILES string of the molecule is Cc1ccc(-c2ccn[nH]2)c(O)c1. The van der Waals surface area contributed by atoms with E-state index in [-0.39, 0.29) is 5.75 Å². The summed E-state index contributed by atoms with van der Waals surface area (Å²) in [5, 5.41) is 16.2. The van der Waals surface area contributed by atoms with Gasteiger partial charge in [-0.2, -0.15) is 5.10 Å². The highest BCUT2D eigenvalue weighted by atomic mass is 16.3. The van der Waals surface area contributed by atoms with Crippen LogP contribution in [0.1, 0.15) is 5.56 Å². The Kier molecular flexibility index (Phi) is 1.77. The van der Waals surface area contributed by atoms with Gasteiger partial charge < -0.3 is 5.11 Å². The largest absolute Gasteiger partial charge is 0.507 e. The molecule has 2 aromatic rings. The number of phenolic OH excluding ortho intramolecular Hbond substituents is 1. The maximum atomic E-state index is 9.62. The summed E-state index contributed by atoms with van der Waals surface area (Å²) >= 11 is 0. The molecule has 0 spiro atoms. The van der Waals surface area contributed by atoms with Gasteiger partial charge in [0, 0.05) is 11.8 Å². The van der Waals surface area contributed by atoms with E-state index in [1.807, 2.05) is 25.1 Å². The summed E-state index contributed by atoms with van der Waals surface area (Å²) in [6.45, 7) is 1.94. The van der Waals surface area contributed by atoms with Crippen LogP contribution >= 0.6 is 0 Å². The predicted octanol–water partition coefficient (Wildman–Crippen LogP) is 2.09. The number of aromatic nitrogens is 2. The Morgan fingerprint density at radius 3 is 2.77 bits per heavy atom. The zero-order valence-corrected chi connectivity index (χ0v) is 7.28. The third-order valence-corrected chi connectivity index (χ3v) is 1.94. The highest BCUT2D eigenvalue weighted by Gasteiger charge is 2.04. The van der Waals surface area contributed by atoms with E-state index >= 15 is 0 Å². The lowest BCUT2D eigenvalue weighted by molar-refractivity contribution is 0.476. The fraction of sp³-hybridized carbons (Fsp3) is 0.100. The van der Waals surface area contributed by atoms with Crippen molar-refractivity contribution in [3.05, 3.63) is 36.0 Å². The summed E-state index contributed by atoms with van der Waals surface area (Å²) < 4.78 is 0. The molecule has 0 aliphatic rings. The van der Waals surface area contributed by atoms with Gasteiger partial charge in [-0.25, -0.2) is 0 Å². The number of phenols is 1. The standard InChI is InChI=1S/C10H10N2O/c1-7-2-3-8(10(13)6-7)9-4-5-11-12-9/h2-6,13H,1H3,(H,11,12). The number of rotatable bonds is 1.